The van der Waals surface area contributed by atoms with E-state index in [9.17, 15) is 0 Å². The summed E-state index contributed by atoms with van der Waals surface area (Å²) in [6.45, 7) is 4.65. The minimum Gasteiger partial charge on any atom is -0.314 e. The van der Waals surface area contributed by atoms with Crippen molar-refractivity contribution in [3.63, 3.8) is 0 Å². The van der Waals surface area contributed by atoms with E-state index >= 15 is 0 Å². The molecule has 0 aromatic rings. The van der Waals surface area contributed by atoms with E-state index in [1.165, 1.54) is 18.8 Å². The van der Waals surface area contributed by atoms with Crippen LogP contribution in [0.1, 0.15) is 6.92 Å². The van der Waals surface area contributed by atoms with Crippen molar-refractivity contribution in [3.8, 4) is 0 Å². The Morgan fingerprint density at radius 1 is 1.64 bits per heavy atom. The van der Waals surface area contributed by atoms with Gasteiger partial charge >= 0.3 is 0 Å². The molecule has 1 heterocycles. The number of hydrogen-bond donors (Lipinski definition) is 1. The van der Waals surface area contributed by atoms with Crippen LogP contribution in [0.25, 0.3) is 0 Å². The van der Waals surface area contributed by atoms with Crippen LogP contribution in [0.3, 0.4) is 0 Å². The smallest absolute Gasteiger partial charge is 0.0345 e. The van der Waals surface area contributed by atoms with E-state index in [2.05, 4.69) is 30.4 Å². The fourth-order valence-corrected chi connectivity index (χ4v) is 2.00. The van der Waals surface area contributed by atoms with Crippen LogP contribution in [0.4, 0.5) is 0 Å². The van der Waals surface area contributed by atoms with Crippen LogP contribution in [0, 0.1) is 0 Å². The molecule has 0 spiro atoms. The molecule has 0 aromatic heterocycles. The Kier molecular flexibility index (Phi) is 3.69. The van der Waals surface area contributed by atoms with Gasteiger partial charge in [0.25, 0.3) is 0 Å². The lowest BCUT2D eigenvalue weighted by atomic mass is 10.1. The Morgan fingerprint density at radius 3 is 2.64 bits per heavy atom. The van der Waals surface area contributed by atoms with E-state index in [0.717, 1.165) is 12.1 Å². The molecule has 0 aliphatic carbocycles. The lowest BCUT2D eigenvalue weighted by Crippen LogP contribution is -2.58. The lowest BCUT2D eigenvalue weighted by molar-refractivity contribution is 0.147. The first-order valence-electron chi connectivity index (χ1n) is 4.17. The molecule has 1 rings (SSSR count). The molecule has 1 atom stereocenters. The van der Waals surface area contributed by atoms with Crippen molar-refractivity contribution in [3.05, 3.63) is 0 Å². The van der Waals surface area contributed by atoms with Gasteiger partial charge in [-0.25, -0.2) is 0 Å². The summed E-state index contributed by atoms with van der Waals surface area (Å²) in [6.07, 6.45) is 2.17. The summed E-state index contributed by atoms with van der Waals surface area (Å²) in [5.74, 6) is 1.24. The van der Waals surface area contributed by atoms with E-state index in [0.29, 0.717) is 0 Å². The minimum atomic E-state index is 0.720. The molecule has 0 aromatic carbocycles. The third kappa shape index (κ3) is 2.36. The second-order valence-electron chi connectivity index (χ2n) is 3.28. The first-order valence-corrected chi connectivity index (χ1v) is 5.56. The Hall–Kier alpha value is 0.270. The van der Waals surface area contributed by atoms with Crippen molar-refractivity contribution in [1.82, 2.24) is 10.2 Å². The average molecular weight is 174 g/mol. The molecule has 66 valence electrons. The third-order valence-corrected chi connectivity index (χ3v) is 3.25. The maximum Gasteiger partial charge on any atom is 0.0345 e. The number of nitrogens with zero attached hydrogens (tertiary/aromatic N) is 1. The fourth-order valence-electron chi connectivity index (χ4n) is 1.28. The van der Waals surface area contributed by atoms with Gasteiger partial charge in [0.1, 0.15) is 0 Å². The summed E-state index contributed by atoms with van der Waals surface area (Å²) in [6, 6.07) is 1.51. The van der Waals surface area contributed by atoms with E-state index in [1.807, 2.05) is 11.8 Å². The van der Waals surface area contributed by atoms with E-state index < -0.39 is 0 Å². The van der Waals surface area contributed by atoms with Gasteiger partial charge < -0.3 is 5.32 Å². The molecule has 1 aliphatic heterocycles. The summed E-state index contributed by atoms with van der Waals surface area (Å²) in [5.41, 5.74) is 0. The van der Waals surface area contributed by atoms with Gasteiger partial charge in [0, 0.05) is 30.9 Å². The zero-order valence-electron chi connectivity index (χ0n) is 7.63. The van der Waals surface area contributed by atoms with E-state index in [-0.39, 0.29) is 0 Å². The predicted octanol–water partition coefficient (Wildman–Crippen LogP) is 0.641. The van der Waals surface area contributed by atoms with Crippen molar-refractivity contribution >= 4 is 11.8 Å². The van der Waals surface area contributed by atoms with Crippen molar-refractivity contribution in [2.75, 3.05) is 32.1 Å². The standard InChI is InChI=1S/C8H18N2S/c1-7(6-11-3)10(2)8-4-9-5-8/h7-9H,4-6H2,1-3H3. The average Bonchev–Trinajstić information content (AvgIpc) is 1.84. The Balaban J connectivity index is 2.21. The van der Waals surface area contributed by atoms with E-state index in [4.69, 9.17) is 0 Å². The van der Waals surface area contributed by atoms with Gasteiger partial charge in [-0.2, -0.15) is 11.8 Å². The Labute approximate surface area is 73.7 Å². The molecule has 0 saturated carbocycles. The highest BCUT2D eigenvalue weighted by molar-refractivity contribution is 7.98. The second kappa shape index (κ2) is 4.33. The highest BCUT2D eigenvalue weighted by Crippen LogP contribution is 2.09. The van der Waals surface area contributed by atoms with Gasteiger partial charge in [0.05, 0.1) is 0 Å². The van der Waals surface area contributed by atoms with Crippen molar-refractivity contribution in [2.45, 2.75) is 19.0 Å². The van der Waals surface area contributed by atoms with Gasteiger partial charge in [-0.15, -0.1) is 0 Å². The molecule has 0 amide bonds. The molecule has 3 heteroatoms. The fraction of sp³-hybridized carbons (Fsp3) is 1.00. The second-order valence-corrected chi connectivity index (χ2v) is 4.19. The summed E-state index contributed by atoms with van der Waals surface area (Å²) in [7, 11) is 2.23. The van der Waals surface area contributed by atoms with Gasteiger partial charge in [0.2, 0.25) is 0 Å². The zero-order valence-corrected chi connectivity index (χ0v) is 8.45. The van der Waals surface area contributed by atoms with Crippen molar-refractivity contribution < 1.29 is 0 Å². The molecular weight excluding hydrogens is 156 g/mol. The van der Waals surface area contributed by atoms with Crippen LogP contribution in [-0.2, 0) is 0 Å². The number of hydrogen-bond acceptors (Lipinski definition) is 3. The SMILES string of the molecule is CSCC(C)N(C)C1CNC1. The highest BCUT2D eigenvalue weighted by atomic mass is 32.2. The topological polar surface area (TPSA) is 15.3 Å². The molecule has 11 heavy (non-hydrogen) atoms. The first kappa shape index (κ1) is 9.36. The summed E-state index contributed by atoms with van der Waals surface area (Å²) in [4.78, 5) is 2.48. The lowest BCUT2D eigenvalue weighted by Gasteiger charge is -2.39. The van der Waals surface area contributed by atoms with Gasteiger partial charge in [0.15, 0.2) is 0 Å². The van der Waals surface area contributed by atoms with E-state index in [1.54, 1.807) is 0 Å². The van der Waals surface area contributed by atoms with Crippen LogP contribution in [0.5, 0.6) is 0 Å². The molecular formula is C8H18N2S. The molecule has 0 radical (unpaired) electrons. The maximum atomic E-state index is 3.29. The van der Waals surface area contributed by atoms with Gasteiger partial charge in [-0.1, -0.05) is 0 Å². The summed E-state index contributed by atoms with van der Waals surface area (Å²) in [5, 5.41) is 3.29. The first-order chi connectivity index (χ1) is 5.25. The Morgan fingerprint density at radius 2 is 2.27 bits per heavy atom. The highest BCUT2D eigenvalue weighted by Gasteiger charge is 2.24. The number of rotatable bonds is 4. The van der Waals surface area contributed by atoms with Crippen LogP contribution >= 0.6 is 11.8 Å². The summed E-state index contributed by atoms with van der Waals surface area (Å²) < 4.78 is 0. The van der Waals surface area contributed by atoms with Gasteiger partial charge in [-0.3, -0.25) is 4.90 Å². The molecule has 1 unspecified atom stereocenters. The molecule has 1 aliphatic rings. The summed E-state index contributed by atoms with van der Waals surface area (Å²) >= 11 is 1.93. The molecule has 0 bridgehead atoms. The largest absolute Gasteiger partial charge is 0.314 e. The third-order valence-electron chi connectivity index (χ3n) is 2.44. The monoisotopic (exact) mass is 174 g/mol. The number of nitrogens with one attached hydrogen (secondary N) is 1. The van der Waals surface area contributed by atoms with Crippen molar-refractivity contribution in [1.29, 1.82) is 0 Å². The van der Waals surface area contributed by atoms with Crippen LogP contribution in [0.15, 0.2) is 0 Å². The van der Waals surface area contributed by atoms with Crippen LogP contribution in [0.2, 0.25) is 0 Å². The number of thioether (sulfide) groups is 1. The van der Waals surface area contributed by atoms with Crippen LogP contribution in [-0.4, -0.2) is 49.1 Å². The molecule has 2 nitrogen and oxygen atoms in total. The van der Waals surface area contributed by atoms with Crippen LogP contribution < -0.4 is 5.32 Å². The predicted molar refractivity (Wildman–Crippen MR) is 52.3 cm³/mol. The minimum absolute atomic E-state index is 0.720. The maximum absolute atomic E-state index is 3.29. The zero-order chi connectivity index (χ0) is 8.27. The molecule has 1 saturated heterocycles. The Bertz CT molecular complexity index is 115. The quantitative estimate of drug-likeness (QED) is 0.673. The normalized spacial score (nSPS) is 21.8. The number of likely N-dealkylation sites (N-methyl/N-ethyl adjacent to an activating group) is 1. The molecule has 1 fully saturated rings. The molecule has 1 N–H and O–H groups in total. The van der Waals surface area contributed by atoms with Gasteiger partial charge in [-0.05, 0) is 20.2 Å². The van der Waals surface area contributed by atoms with Crippen molar-refractivity contribution in [2.24, 2.45) is 0 Å².